The molecule has 0 heterocycles. The fourth-order valence-corrected chi connectivity index (χ4v) is 2.17. The maximum absolute atomic E-state index is 9.46. The Kier molecular flexibility index (Phi) is 5.45. The van der Waals surface area contributed by atoms with Crippen LogP contribution in [-0.4, -0.2) is 37.5 Å². The van der Waals surface area contributed by atoms with E-state index >= 15 is 0 Å². The zero-order valence-electron chi connectivity index (χ0n) is 9.33. The van der Waals surface area contributed by atoms with Crippen LogP contribution < -0.4 is 5.32 Å². The van der Waals surface area contributed by atoms with Gasteiger partial charge in [0, 0.05) is 19.7 Å². The molecular formula is C11H23NO2. The Morgan fingerprint density at radius 1 is 1.50 bits per heavy atom. The molecule has 0 saturated heterocycles. The van der Waals surface area contributed by atoms with E-state index in [1.54, 1.807) is 7.11 Å². The monoisotopic (exact) mass is 201 g/mol. The van der Waals surface area contributed by atoms with Gasteiger partial charge in [0.05, 0.1) is 12.7 Å². The van der Waals surface area contributed by atoms with E-state index in [-0.39, 0.29) is 6.10 Å². The summed E-state index contributed by atoms with van der Waals surface area (Å²) in [5, 5.41) is 12.9. The Morgan fingerprint density at radius 2 is 2.29 bits per heavy atom. The molecule has 1 fully saturated rings. The molecule has 3 heteroatoms. The van der Waals surface area contributed by atoms with Crippen molar-refractivity contribution in [1.29, 1.82) is 0 Å². The highest BCUT2D eigenvalue weighted by molar-refractivity contribution is 4.76. The van der Waals surface area contributed by atoms with Gasteiger partial charge in [-0.25, -0.2) is 0 Å². The molecule has 14 heavy (non-hydrogen) atoms. The van der Waals surface area contributed by atoms with Crippen molar-refractivity contribution in [2.75, 3.05) is 20.3 Å². The van der Waals surface area contributed by atoms with E-state index in [0.29, 0.717) is 19.2 Å². The highest BCUT2D eigenvalue weighted by Gasteiger charge is 2.18. The third-order valence-electron chi connectivity index (χ3n) is 2.94. The van der Waals surface area contributed by atoms with Crippen LogP contribution in [0, 0.1) is 5.92 Å². The molecule has 84 valence electrons. The molecule has 3 unspecified atom stereocenters. The summed E-state index contributed by atoms with van der Waals surface area (Å²) in [6.45, 7) is 3.39. The number of methoxy groups -OCH3 is 1. The molecule has 0 amide bonds. The summed E-state index contributed by atoms with van der Waals surface area (Å²) >= 11 is 0. The van der Waals surface area contributed by atoms with Crippen LogP contribution in [0.5, 0.6) is 0 Å². The second-order valence-corrected chi connectivity index (χ2v) is 4.49. The average Bonchev–Trinajstić information content (AvgIpc) is 2.15. The molecule has 0 bridgehead atoms. The topological polar surface area (TPSA) is 41.5 Å². The number of hydrogen-bond acceptors (Lipinski definition) is 3. The zero-order valence-corrected chi connectivity index (χ0v) is 9.33. The fraction of sp³-hybridized carbons (Fsp3) is 1.00. The summed E-state index contributed by atoms with van der Waals surface area (Å²) in [6.07, 6.45) is 4.82. The predicted octanol–water partition coefficient (Wildman–Crippen LogP) is 1.16. The first-order valence-electron chi connectivity index (χ1n) is 5.62. The molecule has 0 radical (unpaired) electrons. The van der Waals surface area contributed by atoms with Crippen molar-refractivity contribution in [2.24, 2.45) is 5.92 Å². The minimum absolute atomic E-state index is 0.364. The van der Waals surface area contributed by atoms with Crippen molar-refractivity contribution >= 4 is 0 Å². The van der Waals surface area contributed by atoms with Crippen molar-refractivity contribution in [3.63, 3.8) is 0 Å². The van der Waals surface area contributed by atoms with Gasteiger partial charge < -0.3 is 15.2 Å². The van der Waals surface area contributed by atoms with Gasteiger partial charge in [0.1, 0.15) is 0 Å². The number of ether oxygens (including phenoxy) is 1. The van der Waals surface area contributed by atoms with E-state index in [4.69, 9.17) is 4.74 Å². The number of nitrogens with one attached hydrogen (secondary N) is 1. The van der Waals surface area contributed by atoms with Gasteiger partial charge in [-0.1, -0.05) is 19.8 Å². The van der Waals surface area contributed by atoms with E-state index in [0.717, 1.165) is 5.92 Å². The van der Waals surface area contributed by atoms with Crippen molar-refractivity contribution in [1.82, 2.24) is 5.32 Å². The third-order valence-corrected chi connectivity index (χ3v) is 2.94. The lowest BCUT2D eigenvalue weighted by molar-refractivity contribution is 0.0611. The number of rotatable bonds is 5. The maximum Gasteiger partial charge on any atom is 0.0897 e. The normalized spacial score (nSPS) is 30.2. The van der Waals surface area contributed by atoms with E-state index in [9.17, 15) is 5.11 Å². The van der Waals surface area contributed by atoms with E-state index < -0.39 is 0 Å². The summed E-state index contributed by atoms with van der Waals surface area (Å²) in [5.41, 5.74) is 0. The molecule has 0 aliphatic heterocycles. The molecule has 0 spiro atoms. The quantitative estimate of drug-likeness (QED) is 0.701. The highest BCUT2D eigenvalue weighted by Crippen LogP contribution is 2.23. The molecule has 1 rings (SSSR count). The van der Waals surface area contributed by atoms with Crippen molar-refractivity contribution in [3.8, 4) is 0 Å². The first-order chi connectivity index (χ1) is 6.72. The molecule has 1 aliphatic rings. The average molecular weight is 201 g/mol. The molecule has 3 nitrogen and oxygen atoms in total. The van der Waals surface area contributed by atoms with Gasteiger partial charge in [0.25, 0.3) is 0 Å². The predicted molar refractivity (Wildman–Crippen MR) is 57.3 cm³/mol. The lowest BCUT2D eigenvalue weighted by Gasteiger charge is -2.28. The fourth-order valence-electron chi connectivity index (χ4n) is 2.17. The molecule has 0 aromatic rings. The van der Waals surface area contributed by atoms with Crippen LogP contribution in [0.3, 0.4) is 0 Å². The molecular weight excluding hydrogens is 178 g/mol. The summed E-state index contributed by atoms with van der Waals surface area (Å²) in [5.74, 6) is 0.834. The van der Waals surface area contributed by atoms with Gasteiger partial charge in [0.2, 0.25) is 0 Å². The van der Waals surface area contributed by atoms with Gasteiger partial charge >= 0.3 is 0 Å². The lowest BCUT2D eigenvalue weighted by atomic mass is 9.87. The summed E-state index contributed by atoms with van der Waals surface area (Å²) in [6, 6.07) is 0.602. The Balaban J connectivity index is 2.10. The van der Waals surface area contributed by atoms with Crippen LogP contribution in [-0.2, 0) is 4.74 Å². The molecule has 3 atom stereocenters. The Bertz CT molecular complexity index is 152. The van der Waals surface area contributed by atoms with Crippen LogP contribution in [0.15, 0.2) is 0 Å². The number of hydrogen-bond donors (Lipinski definition) is 2. The second-order valence-electron chi connectivity index (χ2n) is 4.49. The standard InChI is InChI=1S/C11H23NO2/c1-9-4-3-5-10(6-9)12-7-11(13)8-14-2/h9-13H,3-8H2,1-2H3. The van der Waals surface area contributed by atoms with Crippen molar-refractivity contribution in [3.05, 3.63) is 0 Å². The first kappa shape index (κ1) is 12.0. The van der Waals surface area contributed by atoms with Crippen LogP contribution in [0.1, 0.15) is 32.6 Å². The largest absolute Gasteiger partial charge is 0.389 e. The number of aliphatic hydroxyl groups excluding tert-OH is 1. The van der Waals surface area contributed by atoms with E-state index in [2.05, 4.69) is 12.2 Å². The summed E-state index contributed by atoms with van der Waals surface area (Å²) in [4.78, 5) is 0. The smallest absolute Gasteiger partial charge is 0.0897 e. The van der Waals surface area contributed by atoms with Gasteiger partial charge in [0.15, 0.2) is 0 Å². The van der Waals surface area contributed by atoms with E-state index in [1.165, 1.54) is 25.7 Å². The Hall–Kier alpha value is -0.120. The van der Waals surface area contributed by atoms with Gasteiger partial charge in [-0.3, -0.25) is 0 Å². The second kappa shape index (κ2) is 6.38. The number of aliphatic hydroxyl groups is 1. The van der Waals surface area contributed by atoms with Crippen molar-refractivity contribution < 1.29 is 9.84 Å². The molecule has 0 aromatic carbocycles. The van der Waals surface area contributed by atoms with Gasteiger partial charge in [-0.2, -0.15) is 0 Å². The Morgan fingerprint density at radius 3 is 2.93 bits per heavy atom. The minimum atomic E-state index is -0.364. The highest BCUT2D eigenvalue weighted by atomic mass is 16.5. The maximum atomic E-state index is 9.46. The van der Waals surface area contributed by atoms with Crippen LogP contribution in [0.2, 0.25) is 0 Å². The van der Waals surface area contributed by atoms with Gasteiger partial charge in [-0.05, 0) is 18.8 Å². The van der Waals surface area contributed by atoms with E-state index in [1.807, 2.05) is 0 Å². The molecule has 2 N–H and O–H groups in total. The Labute approximate surface area is 86.8 Å². The lowest BCUT2D eigenvalue weighted by Crippen LogP contribution is -2.39. The molecule has 1 saturated carbocycles. The van der Waals surface area contributed by atoms with Gasteiger partial charge in [-0.15, -0.1) is 0 Å². The molecule has 0 aromatic heterocycles. The summed E-state index contributed by atoms with van der Waals surface area (Å²) < 4.78 is 4.87. The van der Waals surface area contributed by atoms with Crippen LogP contribution in [0.4, 0.5) is 0 Å². The van der Waals surface area contributed by atoms with Crippen LogP contribution >= 0.6 is 0 Å². The first-order valence-corrected chi connectivity index (χ1v) is 5.62. The zero-order chi connectivity index (χ0) is 10.4. The minimum Gasteiger partial charge on any atom is -0.389 e. The molecule has 1 aliphatic carbocycles. The van der Waals surface area contributed by atoms with Crippen molar-refractivity contribution in [2.45, 2.75) is 44.8 Å². The summed E-state index contributed by atoms with van der Waals surface area (Å²) in [7, 11) is 1.62. The van der Waals surface area contributed by atoms with Crippen LogP contribution in [0.25, 0.3) is 0 Å². The third kappa shape index (κ3) is 4.40. The SMILES string of the molecule is COCC(O)CNC1CCCC(C)C1.